The summed E-state index contributed by atoms with van der Waals surface area (Å²) in [5, 5.41) is 2.57. The summed E-state index contributed by atoms with van der Waals surface area (Å²) in [6, 6.07) is 15.8. The molecule has 148 valence electrons. The van der Waals surface area contributed by atoms with E-state index in [1.165, 1.54) is 0 Å². The topological polar surface area (TPSA) is 72.5 Å². The molecular formula is C24H23NO4. The molecular weight excluding hydrogens is 366 g/mol. The van der Waals surface area contributed by atoms with Gasteiger partial charge in [-0.2, -0.15) is 0 Å². The Morgan fingerprint density at radius 3 is 2.31 bits per heavy atom. The Balaban J connectivity index is 1.81. The molecule has 1 N–H and O–H groups in total. The molecule has 2 aliphatic carbocycles. The average molecular weight is 389 g/mol. The van der Waals surface area contributed by atoms with Gasteiger partial charge in [-0.25, -0.2) is 0 Å². The number of imide groups is 1. The van der Waals surface area contributed by atoms with Gasteiger partial charge >= 0.3 is 5.97 Å². The first-order valence-electron chi connectivity index (χ1n) is 10.1. The first-order valence-corrected chi connectivity index (χ1v) is 10.1. The highest BCUT2D eigenvalue weighted by molar-refractivity contribution is 6.07. The van der Waals surface area contributed by atoms with Crippen molar-refractivity contribution in [1.29, 1.82) is 0 Å². The van der Waals surface area contributed by atoms with Gasteiger partial charge in [0, 0.05) is 11.3 Å². The summed E-state index contributed by atoms with van der Waals surface area (Å²) in [5.41, 5.74) is 2.50. The van der Waals surface area contributed by atoms with Gasteiger partial charge in [-0.3, -0.25) is 19.7 Å². The van der Waals surface area contributed by atoms with Crippen molar-refractivity contribution in [2.24, 2.45) is 11.8 Å². The highest BCUT2D eigenvalue weighted by atomic mass is 16.5. The average Bonchev–Trinajstić information content (AvgIpc) is 2.93. The van der Waals surface area contributed by atoms with Crippen molar-refractivity contribution in [3.8, 4) is 0 Å². The minimum atomic E-state index is -0.746. The van der Waals surface area contributed by atoms with Crippen LogP contribution in [0.5, 0.6) is 0 Å². The molecule has 4 unspecified atom stereocenters. The summed E-state index contributed by atoms with van der Waals surface area (Å²) in [6.45, 7) is 5.61. The molecule has 2 amide bonds. The molecule has 1 heterocycles. The van der Waals surface area contributed by atoms with E-state index in [1.807, 2.05) is 55.5 Å². The smallest absolute Gasteiger partial charge is 0.308 e. The summed E-state index contributed by atoms with van der Waals surface area (Å²) >= 11 is 0. The number of nitrogens with one attached hydrogen (secondary N) is 1. The second-order valence-electron chi connectivity index (χ2n) is 8.68. The molecule has 1 fully saturated rings. The van der Waals surface area contributed by atoms with Crippen molar-refractivity contribution in [1.82, 2.24) is 5.32 Å². The van der Waals surface area contributed by atoms with Gasteiger partial charge in [0.05, 0.1) is 17.3 Å². The number of hydrogen-bond donors (Lipinski definition) is 1. The summed E-state index contributed by atoms with van der Waals surface area (Å²) in [4.78, 5) is 38.4. The maximum absolute atomic E-state index is 13.1. The van der Waals surface area contributed by atoms with Crippen LogP contribution in [-0.4, -0.2) is 24.4 Å². The lowest BCUT2D eigenvalue weighted by atomic mass is 9.40. The van der Waals surface area contributed by atoms with E-state index >= 15 is 0 Å². The zero-order chi connectivity index (χ0) is 20.6. The van der Waals surface area contributed by atoms with Crippen molar-refractivity contribution in [2.75, 3.05) is 6.61 Å². The third-order valence-electron chi connectivity index (χ3n) is 7.21. The summed E-state index contributed by atoms with van der Waals surface area (Å²) in [7, 11) is 0. The van der Waals surface area contributed by atoms with Crippen molar-refractivity contribution in [3.05, 3.63) is 70.8 Å². The molecule has 1 spiro atoms. The maximum Gasteiger partial charge on any atom is 0.308 e. The third-order valence-corrected chi connectivity index (χ3v) is 7.21. The monoisotopic (exact) mass is 389 g/mol. The van der Waals surface area contributed by atoms with Crippen molar-refractivity contribution in [2.45, 2.75) is 37.5 Å². The number of benzene rings is 2. The largest absolute Gasteiger partial charge is 0.464 e. The Morgan fingerprint density at radius 1 is 1.00 bits per heavy atom. The fourth-order valence-corrected chi connectivity index (χ4v) is 6.09. The number of carbonyl (C=O) groups excluding carboxylic acids is 3. The first kappa shape index (κ1) is 18.1. The number of carbonyl (C=O) groups is 3. The van der Waals surface area contributed by atoms with Gasteiger partial charge in [0.2, 0.25) is 11.8 Å². The van der Waals surface area contributed by atoms with Crippen LogP contribution in [0, 0.1) is 11.8 Å². The molecule has 1 saturated heterocycles. The zero-order valence-corrected chi connectivity index (χ0v) is 16.7. The van der Waals surface area contributed by atoms with E-state index in [9.17, 15) is 14.4 Å². The molecule has 4 atom stereocenters. The van der Waals surface area contributed by atoms with E-state index in [2.05, 4.69) is 5.32 Å². The van der Waals surface area contributed by atoms with Crippen LogP contribution in [0.15, 0.2) is 48.5 Å². The number of piperidine rings is 1. The van der Waals surface area contributed by atoms with Crippen LogP contribution >= 0.6 is 0 Å². The molecule has 2 aromatic rings. The highest BCUT2D eigenvalue weighted by Gasteiger charge is 2.77. The predicted molar refractivity (Wildman–Crippen MR) is 106 cm³/mol. The van der Waals surface area contributed by atoms with E-state index < -0.39 is 22.7 Å². The lowest BCUT2D eigenvalue weighted by molar-refractivity contribution is -0.153. The van der Waals surface area contributed by atoms with E-state index in [0.29, 0.717) is 0 Å². The van der Waals surface area contributed by atoms with E-state index in [-0.39, 0.29) is 30.3 Å². The molecule has 0 bridgehead atoms. The molecule has 5 rings (SSSR count). The maximum atomic E-state index is 13.1. The van der Waals surface area contributed by atoms with E-state index in [0.717, 1.165) is 22.3 Å². The predicted octanol–water partition coefficient (Wildman–Crippen LogP) is 2.81. The Kier molecular flexibility index (Phi) is 3.61. The summed E-state index contributed by atoms with van der Waals surface area (Å²) in [5.74, 6) is -2.00. The van der Waals surface area contributed by atoms with Crippen LogP contribution in [-0.2, 0) is 30.0 Å². The molecule has 2 aromatic carbocycles. The van der Waals surface area contributed by atoms with Crippen molar-refractivity contribution < 1.29 is 19.1 Å². The van der Waals surface area contributed by atoms with Crippen LogP contribution in [0.4, 0.5) is 0 Å². The Bertz CT molecular complexity index is 1070. The van der Waals surface area contributed by atoms with Crippen LogP contribution in [0.1, 0.15) is 48.9 Å². The molecule has 0 saturated carbocycles. The number of rotatable bonds is 3. The van der Waals surface area contributed by atoms with Crippen LogP contribution in [0.2, 0.25) is 0 Å². The van der Waals surface area contributed by atoms with Gasteiger partial charge in [-0.05, 0) is 22.3 Å². The number of hydrogen-bond acceptors (Lipinski definition) is 4. The van der Waals surface area contributed by atoms with Gasteiger partial charge < -0.3 is 4.74 Å². The number of esters is 1. The third kappa shape index (κ3) is 1.88. The lowest BCUT2D eigenvalue weighted by Crippen LogP contribution is -2.70. The second kappa shape index (κ2) is 5.78. The van der Waals surface area contributed by atoms with E-state index in [1.54, 1.807) is 13.8 Å². The number of amides is 2. The fourth-order valence-electron chi connectivity index (χ4n) is 6.09. The molecule has 3 aliphatic rings. The quantitative estimate of drug-likeness (QED) is 0.647. The Hall–Kier alpha value is -2.95. The number of ether oxygens (including phenoxy) is 1. The first-order chi connectivity index (χ1) is 13.9. The Labute approximate surface area is 169 Å². The molecule has 0 radical (unpaired) electrons. The summed E-state index contributed by atoms with van der Waals surface area (Å²) < 4.78 is 5.81. The van der Waals surface area contributed by atoms with Crippen LogP contribution in [0.25, 0.3) is 0 Å². The molecule has 1 aliphatic heterocycles. The standard InChI is InChI=1S/C24H23NO4/c1-13(2)22(28)29-12-23-16-9-5-4-8-15(16)19-21(27)25-20(26)14(3)24(19,23)18-11-7-6-10-17(18)23/h4-11,13-14,19H,12H2,1-3H3,(H,25,26,27). The summed E-state index contributed by atoms with van der Waals surface area (Å²) in [6.07, 6.45) is 0. The minimum absolute atomic E-state index is 0.124. The number of fused-ring (bicyclic) bond motifs is 5. The normalized spacial score (nSPS) is 31.2. The Morgan fingerprint density at radius 2 is 1.62 bits per heavy atom. The minimum Gasteiger partial charge on any atom is -0.464 e. The zero-order valence-electron chi connectivity index (χ0n) is 16.7. The van der Waals surface area contributed by atoms with Gasteiger partial charge in [-0.15, -0.1) is 0 Å². The fraction of sp³-hybridized carbons (Fsp3) is 0.375. The van der Waals surface area contributed by atoms with Crippen molar-refractivity contribution >= 4 is 17.8 Å². The molecule has 5 heteroatoms. The van der Waals surface area contributed by atoms with Gasteiger partial charge in [0.15, 0.2) is 0 Å². The van der Waals surface area contributed by atoms with Crippen LogP contribution in [0.3, 0.4) is 0 Å². The van der Waals surface area contributed by atoms with Gasteiger partial charge in [0.25, 0.3) is 0 Å². The van der Waals surface area contributed by atoms with E-state index in [4.69, 9.17) is 4.74 Å². The highest BCUT2D eigenvalue weighted by Crippen LogP contribution is 2.74. The van der Waals surface area contributed by atoms with Gasteiger partial charge in [0.1, 0.15) is 6.61 Å². The van der Waals surface area contributed by atoms with Crippen LogP contribution < -0.4 is 5.32 Å². The molecule has 29 heavy (non-hydrogen) atoms. The molecule has 0 aromatic heterocycles. The lowest BCUT2D eigenvalue weighted by Gasteiger charge is -2.62. The van der Waals surface area contributed by atoms with Gasteiger partial charge in [-0.1, -0.05) is 69.3 Å². The SMILES string of the molecule is CC(C)C(=O)OCC12c3ccccc3C3C(=O)NC(=O)C(C)C31c1ccccc12. The second-order valence-corrected chi connectivity index (χ2v) is 8.68. The molecule has 5 nitrogen and oxygen atoms in total. The van der Waals surface area contributed by atoms with Crippen molar-refractivity contribution in [3.63, 3.8) is 0 Å².